The molecule has 1 atom stereocenters. The number of carbonyl (C=O) groups excluding carboxylic acids is 1. The number of hydrogen-bond donors (Lipinski definition) is 2. The molecule has 4 nitrogen and oxygen atoms in total. The lowest BCUT2D eigenvalue weighted by Gasteiger charge is -2.12. The fourth-order valence-corrected chi connectivity index (χ4v) is 1.91. The highest BCUT2D eigenvalue weighted by Gasteiger charge is 2.13. The lowest BCUT2D eigenvalue weighted by molar-refractivity contribution is 0.0908. The van der Waals surface area contributed by atoms with Crippen LogP contribution >= 0.6 is 0 Å². The van der Waals surface area contributed by atoms with E-state index in [0.717, 1.165) is 11.3 Å². The Morgan fingerprint density at radius 2 is 1.95 bits per heavy atom. The fraction of sp³-hybridized carbons (Fsp3) is 0.267. The first-order valence-corrected chi connectivity index (χ1v) is 6.23. The van der Waals surface area contributed by atoms with Gasteiger partial charge in [0.05, 0.1) is 6.10 Å². The molecule has 1 aromatic carbocycles. The molecule has 0 aliphatic rings. The number of nitrogens with zero attached hydrogens (tertiary/aromatic N) is 1. The van der Waals surface area contributed by atoms with E-state index >= 15 is 0 Å². The Hall–Kier alpha value is -2.07. The van der Waals surface area contributed by atoms with Gasteiger partial charge in [-0.2, -0.15) is 0 Å². The predicted molar refractivity (Wildman–Crippen MR) is 73.9 cm³/mol. The Bertz CT molecular complexity index is 561. The minimum absolute atomic E-state index is 0.175. The number of aromatic nitrogens is 1. The van der Waals surface area contributed by atoms with E-state index in [0.29, 0.717) is 5.69 Å². The Labute approximate surface area is 112 Å². The molecular formula is C15H18N2O2. The maximum Gasteiger partial charge on any atom is 0.268 e. The SMILES string of the molecule is Cc1ccc(C(=O)NCC(O)c2ccccc2)n1C. The predicted octanol–water partition coefficient (Wildman–Crippen LogP) is 1.80. The summed E-state index contributed by atoms with van der Waals surface area (Å²) in [5, 5.41) is 12.7. The number of amides is 1. The van der Waals surface area contributed by atoms with Gasteiger partial charge in [0.25, 0.3) is 5.91 Å². The van der Waals surface area contributed by atoms with E-state index < -0.39 is 6.10 Å². The van der Waals surface area contributed by atoms with Crippen LogP contribution in [0.25, 0.3) is 0 Å². The number of aryl methyl sites for hydroxylation is 1. The highest BCUT2D eigenvalue weighted by atomic mass is 16.3. The number of nitrogens with one attached hydrogen (secondary N) is 1. The second kappa shape index (κ2) is 5.71. The van der Waals surface area contributed by atoms with Crippen LogP contribution in [-0.2, 0) is 7.05 Å². The van der Waals surface area contributed by atoms with Gasteiger partial charge in [-0.15, -0.1) is 0 Å². The topological polar surface area (TPSA) is 54.3 Å². The number of aliphatic hydroxyl groups is 1. The third kappa shape index (κ3) is 3.03. The Kier molecular flexibility index (Phi) is 4.02. The number of aliphatic hydroxyl groups excluding tert-OH is 1. The average Bonchev–Trinajstić information content (AvgIpc) is 2.77. The number of hydrogen-bond acceptors (Lipinski definition) is 2. The van der Waals surface area contributed by atoms with E-state index in [2.05, 4.69) is 5.32 Å². The highest BCUT2D eigenvalue weighted by molar-refractivity contribution is 5.92. The molecule has 100 valence electrons. The monoisotopic (exact) mass is 258 g/mol. The van der Waals surface area contributed by atoms with Crippen molar-refractivity contribution < 1.29 is 9.90 Å². The van der Waals surface area contributed by atoms with Crippen molar-refractivity contribution in [3.05, 3.63) is 59.4 Å². The van der Waals surface area contributed by atoms with Crippen LogP contribution in [0.5, 0.6) is 0 Å². The summed E-state index contributed by atoms with van der Waals surface area (Å²) in [5.41, 5.74) is 2.41. The van der Waals surface area contributed by atoms with Gasteiger partial charge in [0.1, 0.15) is 5.69 Å². The minimum atomic E-state index is -0.688. The van der Waals surface area contributed by atoms with Crippen molar-refractivity contribution in [2.45, 2.75) is 13.0 Å². The molecule has 2 aromatic rings. The van der Waals surface area contributed by atoms with E-state index in [9.17, 15) is 9.90 Å². The summed E-state index contributed by atoms with van der Waals surface area (Å²) in [6, 6.07) is 13.0. The van der Waals surface area contributed by atoms with Gasteiger partial charge in [-0.3, -0.25) is 4.79 Å². The molecule has 1 unspecified atom stereocenters. The van der Waals surface area contributed by atoms with Crippen molar-refractivity contribution in [3.8, 4) is 0 Å². The van der Waals surface area contributed by atoms with E-state index in [1.165, 1.54) is 0 Å². The summed E-state index contributed by atoms with van der Waals surface area (Å²) in [6.45, 7) is 2.14. The van der Waals surface area contributed by atoms with Crippen LogP contribution in [0.3, 0.4) is 0 Å². The summed E-state index contributed by atoms with van der Waals surface area (Å²) in [5.74, 6) is -0.175. The van der Waals surface area contributed by atoms with Gasteiger partial charge >= 0.3 is 0 Å². The van der Waals surface area contributed by atoms with Crippen molar-refractivity contribution in [3.63, 3.8) is 0 Å². The maximum atomic E-state index is 12.0. The van der Waals surface area contributed by atoms with E-state index in [-0.39, 0.29) is 12.5 Å². The quantitative estimate of drug-likeness (QED) is 0.878. The minimum Gasteiger partial charge on any atom is -0.387 e. The first-order valence-electron chi connectivity index (χ1n) is 6.23. The normalized spacial score (nSPS) is 12.2. The summed E-state index contributed by atoms with van der Waals surface area (Å²) >= 11 is 0. The summed E-state index contributed by atoms with van der Waals surface area (Å²) < 4.78 is 1.82. The van der Waals surface area contributed by atoms with Gasteiger partial charge in [-0.1, -0.05) is 30.3 Å². The molecule has 0 fully saturated rings. The van der Waals surface area contributed by atoms with E-state index in [1.54, 1.807) is 6.07 Å². The standard InChI is InChI=1S/C15H18N2O2/c1-11-8-9-13(17(11)2)15(19)16-10-14(18)12-6-4-3-5-7-12/h3-9,14,18H,10H2,1-2H3,(H,16,19). The number of carbonyl (C=O) groups is 1. The van der Waals surface area contributed by atoms with E-state index in [4.69, 9.17) is 0 Å². The second-order valence-electron chi connectivity index (χ2n) is 4.56. The van der Waals surface area contributed by atoms with Crippen LogP contribution in [0.1, 0.15) is 27.8 Å². The molecule has 2 N–H and O–H groups in total. The van der Waals surface area contributed by atoms with Crippen molar-refractivity contribution in [2.75, 3.05) is 6.54 Å². The number of rotatable bonds is 4. The highest BCUT2D eigenvalue weighted by Crippen LogP contribution is 2.11. The van der Waals surface area contributed by atoms with Crippen molar-refractivity contribution in [1.29, 1.82) is 0 Å². The van der Waals surface area contributed by atoms with Crippen molar-refractivity contribution in [2.24, 2.45) is 7.05 Å². The molecule has 19 heavy (non-hydrogen) atoms. The molecule has 4 heteroatoms. The molecule has 1 amide bonds. The van der Waals surface area contributed by atoms with E-state index in [1.807, 2.05) is 54.9 Å². The molecule has 1 aromatic heterocycles. The molecule has 2 rings (SSSR count). The Morgan fingerprint density at radius 3 is 2.53 bits per heavy atom. The lowest BCUT2D eigenvalue weighted by Crippen LogP contribution is -2.29. The maximum absolute atomic E-state index is 12.0. The van der Waals surface area contributed by atoms with Gasteiger partial charge in [-0.05, 0) is 24.6 Å². The summed E-state index contributed by atoms with van der Waals surface area (Å²) in [7, 11) is 1.85. The van der Waals surface area contributed by atoms with Crippen LogP contribution in [0.2, 0.25) is 0 Å². The van der Waals surface area contributed by atoms with Gasteiger partial charge in [0.15, 0.2) is 0 Å². The molecule has 0 saturated carbocycles. The number of benzene rings is 1. The molecule has 0 bridgehead atoms. The first kappa shape index (κ1) is 13.4. The van der Waals surface area contributed by atoms with Gasteiger partial charge in [-0.25, -0.2) is 0 Å². The van der Waals surface area contributed by atoms with Gasteiger partial charge in [0.2, 0.25) is 0 Å². The van der Waals surface area contributed by atoms with Crippen LogP contribution in [0.15, 0.2) is 42.5 Å². The molecule has 0 saturated heterocycles. The third-order valence-corrected chi connectivity index (χ3v) is 3.25. The lowest BCUT2D eigenvalue weighted by atomic mass is 10.1. The molecule has 0 spiro atoms. The molecule has 0 aliphatic carbocycles. The molecule has 1 heterocycles. The van der Waals surface area contributed by atoms with Crippen molar-refractivity contribution in [1.82, 2.24) is 9.88 Å². The van der Waals surface area contributed by atoms with Crippen LogP contribution < -0.4 is 5.32 Å². The zero-order valence-corrected chi connectivity index (χ0v) is 11.1. The fourth-order valence-electron chi connectivity index (χ4n) is 1.91. The Morgan fingerprint density at radius 1 is 1.26 bits per heavy atom. The van der Waals surface area contributed by atoms with Crippen LogP contribution in [-0.4, -0.2) is 22.1 Å². The molecule has 0 aliphatic heterocycles. The Balaban J connectivity index is 1.96. The van der Waals surface area contributed by atoms with Gasteiger partial charge in [0, 0.05) is 19.3 Å². The van der Waals surface area contributed by atoms with Gasteiger partial charge < -0.3 is 15.0 Å². The zero-order chi connectivity index (χ0) is 13.8. The second-order valence-corrected chi connectivity index (χ2v) is 4.56. The average molecular weight is 258 g/mol. The summed E-state index contributed by atoms with van der Waals surface area (Å²) in [6.07, 6.45) is -0.688. The zero-order valence-electron chi connectivity index (χ0n) is 11.1. The largest absolute Gasteiger partial charge is 0.387 e. The molecule has 0 radical (unpaired) electrons. The molecular weight excluding hydrogens is 240 g/mol. The first-order chi connectivity index (χ1) is 9.09. The van der Waals surface area contributed by atoms with Crippen LogP contribution in [0.4, 0.5) is 0 Å². The smallest absolute Gasteiger partial charge is 0.268 e. The third-order valence-electron chi connectivity index (χ3n) is 3.25. The summed E-state index contributed by atoms with van der Waals surface area (Å²) in [4.78, 5) is 12.0. The van der Waals surface area contributed by atoms with Crippen LogP contribution in [0, 0.1) is 6.92 Å². The van der Waals surface area contributed by atoms with Crippen molar-refractivity contribution >= 4 is 5.91 Å².